The second kappa shape index (κ2) is 5.91. The van der Waals surface area contributed by atoms with E-state index in [1.54, 1.807) is 12.1 Å². The predicted octanol–water partition coefficient (Wildman–Crippen LogP) is 3.01. The van der Waals surface area contributed by atoms with Gasteiger partial charge in [0.25, 0.3) is 0 Å². The van der Waals surface area contributed by atoms with Gasteiger partial charge in [0.05, 0.1) is 12.7 Å². The third-order valence-electron chi connectivity index (χ3n) is 2.73. The van der Waals surface area contributed by atoms with Crippen molar-refractivity contribution in [2.75, 3.05) is 12.4 Å². The highest BCUT2D eigenvalue weighted by Crippen LogP contribution is 2.21. The van der Waals surface area contributed by atoms with Crippen molar-refractivity contribution in [1.82, 2.24) is 0 Å². The fraction of sp³-hybridized carbons (Fsp3) is 0.133. The lowest BCUT2D eigenvalue weighted by Crippen LogP contribution is -2.03. The first kappa shape index (κ1) is 13.0. The summed E-state index contributed by atoms with van der Waals surface area (Å²) in [5.74, 6) is -0.447. The molecule has 0 aliphatic heterocycles. The van der Waals surface area contributed by atoms with Crippen LogP contribution in [0.2, 0.25) is 0 Å². The van der Waals surface area contributed by atoms with Crippen molar-refractivity contribution in [3.8, 4) is 5.75 Å². The summed E-state index contributed by atoms with van der Waals surface area (Å²) in [5, 5.41) is 12.2. The number of anilines is 1. The third-order valence-corrected chi connectivity index (χ3v) is 2.73. The molecule has 2 N–H and O–H groups in total. The Balaban J connectivity index is 2.15. The van der Waals surface area contributed by atoms with E-state index < -0.39 is 5.97 Å². The number of methoxy groups -OCH3 is 1. The normalized spacial score (nSPS) is 9.95. The zero-order valence-electron chi connectivity index (χ0n) is 10.6. The second-order valence-electron chi connectivity index (χ2n) is 4.09. The van der Waals surface area contributed by atoms with E-state index in [4.69, 9.17) is 9.84 Å². The zero-order chi connectivity index (χ0) is 13.7. The summed E-state index contributed by atoms with van der Waals surface area (Å²) in [6.07, 6.45) is 0. The molecule has 98 valence electrons. The summed E-state index contributed by atoms with van der Waals surface area (Å²) >= 11 is 0. The molecular formula is C15H15NO3. The van der Waals surface area contributed by atoms with E-state index in [1.165, 1.54) is 13.2 Å². The summed E-state index contributed by atoms with van der Waals surface area (Å²) in [5.41, 5.74) is 2.05. The summed E-state index contributed by atoms with van der Waals surface area (Å²) in [6.45, 7) is 0.632. The van der Waals surface area contributed by atoms with Crippen LogP contribution >= 0.6 is 0 Å². The van der Waals surface area contributed by atoms with Crippen molar-refractivity contribution in [3.63, 3.8) is 0 Å². The number of rotatable bonds is 5. The van der Waals surface area contributed by atoms with Crippen molar-refractivity contribution in [2.45, 2.75) is 6.54 Å². The first-order valence-electron chi connectivity index (χ1n) is 5.89. The maximum Gasteiger partial charge on any atom is 0.335 e. The van der Waals surface area contributed by atoms with Crippen LogP contribution in [0, 0.1) is 0 Å². The molecule has 2 aromatic rings. The van der Waals surface area contributed by atoms with Gasteiger partial charge in [-0.1, -0.05) is 30.3 Å². The fourth-order valence-corrected chi connectivity index (χ4v) is 1.74. The number of carboxylic acid groups (broad SMARTS) is 1. The summed E-state index contributed by atoms with van der Waals surface area (Å²) in [7, 11) is 1.52. The Morgan fingerprint density at radius 1 is 1.21 bits per heavy atom. The Kier molecular flexibility index (Phi) is 4.03. The van der Waals surface area contributed by atoms with E-state index in [1.807, 2.05) is 30.3 Å². The van der Waals surface area contributed by atoms with Gasteiger partial charge in [-0.05, 0) is 17.7 Å². The molecule has 0 unspecified atom stereocenters. The van der Waals surface area contributed by atoms with Crippen molar-refractivity contribution in [3.05, 3.63) is 59.7 Å². The van der Waals surface area contributed by atoms with Gasteiger partial charge in [0.1, 0.15) is 5.75 Å². The monoisotopic (exact) mass is 257 g/mol. The lowest BCUT2D eigenvalue weighted by atomic mass is 10.1. The molecule has 0 atom stereocenters. The maximum atomic E-state index is 11.0. The number of hydrogen-bond donors (Lipinski definition) is 2. The lowest BCUT2D eigenvalue weighted by molar-refractivity contribution is 0.0696. The predicted molar refractivity (Wildman–Crippen MR) is 73.7 cm³/mol. The Hall–Kier alpha value is -2.49. The average molecular weight is 257 g/mol. The van der Waals surface area contributed by atoms with Crippen LogP contribution in [-0.4, -0.2) is 18.2 Å². The van der Waals surface area contributed by atoms with Crippen LogP contribution in [0.4, 0.5) is 5.69 Å². The lowest BCUT2D eigenvalue weighted by Gasteiger charge is -2.09. The molecule has 0 saturated heterocycles. The molecule has 0 saturated carbocycles. The SMILES string of the molecule is COc1cc(NCc2ccccc2)cc(C(=O)O)c1. The van der Waals surface area contributed by atoms with E-state index in [-0.39, 0.29) is 5.56 Å². The Morgan fingerprint density at radius 2 is 1.95 bits per heavy atom. The molecule has 4 nitrogen and oxygen atoms in total. The van der Waals surface area contributed by atoms with E-state index in [0.29, 0.717) is 12.3 Å². The Bertz CT molecular complexity index is 567. The highest BCUT2D eigenvalue weighted by molar-refractivity contribution is 5.89. The fourth-order valence-electron chi connectivity index (χ4n) is 1.74. The molecule has 0 heterocycles. The standard InChI is InChI=1S/C15H15NO3/c1-19-14-8-12(15(17)18)7-13(9-14)16-10-11-5-3-2-4-6-11/h2-9,16H,10H2,1H3,(H,17,18). The van der Waals surface area contributed by atoms with E-state index in [0.717, 1.165) is 11.3 Å². The number of carboxylic acids is 1. The molecule has 19 heavy (non-hydrogen) atoms. The minimum atomic E-state index is -0.971. The number of benzene rings is 2. The molecule has 0 amide bonds. The smallest absolute Gasteiger partial charge is 0.335 e. The molecule has 4 heteroatoms. The van der Waals surface area contributed by atoms with Gasteiger partial charge in [-0.3, -0.25) is 0 Å². The Labute approximate surface area is 111 Å². The maximum absolute atomic E-state index is 11.0. The molecule has 2 rings (SSSR count). The van der Waals surface area contributed by atoms with Crippen LogP contribution in [0.5, 0.6) is 5.75 Å². The highest BCUT2D eigenvalue weighted by Gasteiger charge is 2.07. The largest absolute Gasteiger partial charge is 0.497 e. The first-order valence-corrected chi connectivity index (χ1v) is 5.89. The van der Waals surface area contributed by atoms with Crippen LogP contribution in [0.3, 0.4) is 0 Å². The number of aromatic carboxylic acids is 1. The summed E-state index contributed by atoms with van der Waals surface area (Å²) < 4.78 is 5.09. The van der Waals surface area contributed by atoms with E-state index in [2.05, 4.69) is 5.32 Å². The van der Waals surface area contributed by atoms with Crippen LogP contribution < -0.4 is 10.1 Å². The van der Waals surface area contributed by atoms with Crippen LogP contribution in [0.25, 0.3) is 0 Å². The number of hydrogen-bond acceptors (Lipinski definition) is 3. The van der Waals surface area contributed by atoms with Gasteiger partial charge in [0, 0.05) is 18.3 Å². The van der Waals surface area contributed by atoms with Crippen LogP contribution in [-0.2, 0) is 6.54 Å². The first-order chi connectivity index (χ1) is 9.19. The number of carbonyl (C=O) groups is 1. The summed E-state index contributed by atoms with van der Waals surface area (Å²) in [4.78, 5) is 11.0. The molecular weight excluding hydrogens is 242 g/mol. The molecule has 0 radical (unpaired) electrons. The summed E-state index contributed by atoms with van der Waals surface area (Å²) in [6, 6.07) is 14.8. The van der Waals surface area contributed by atoms with Gasteiger partial charge in [0.2, 0.25) is 0 Å². The minimum Gasteiger partial charge on any atom is -0.497 e. The third kappa shape index (κ3) is 3.48. The van der Waals surface area contributed by atoms with E-state index >= 15 is 0 Å². The molecule has 0 aromatic heterocycles. The topological polar surface area (TPSA) is 58.6 Å². The van der Waals surface area contributed by atoms with Gasteiger partial charge >= 0.3 is 5.97 Å². The van der Waals surface area contributed by atoms with E-state index in [9.17, 15) is 4.79 Å². The molecule has 0 fully saturated rings. The van der Waals surface area contributed by atoms with Gasteiger partial charge in [-0.25, -0.2) is 4.79 Å². The molecule has 2 aromatic carbocycles. The minimum absolute atomic E-state index is 0.204. The molecule has 0 aliphatic carbocycles. The Morgan fingerprint density at radius 3 is 2.58 bits per heavy atom. The average Bonchev–Trinajstić information content (AvgIpc) is 2.45. The quantitative estimate of drug-likeness (QED) is 0.864. The van der Waals surface area contributed by atoms with Crippen molar-refractivity contribution in [2.24, 2.45) is 0 Å². The van der Waals surface area contributed by atoms with Gasteiger partial charge < -0.3 is 15.2 Å². The van der Waals surface area contributed by atoms with Crippen molar-refractivity contribution >= 4 is 11.7 Å². The van der Waals surface area contributed by atoms with Crippen LogP contribution in [0.15, 0.2) is 48.5 Å². The van der Waals surface area contributed by atoms with Crippen molar-refractivity contribution in [1.29, 1.82) is 0 Å². The van der Waals surface area contributed by atoms with Gasteiger partial charge in [0.15, 0.2) is 0 Å². The molecule has 0 bridgehead atoms. The number of ether oxygens (including phenoxy) is 1. The van der Waals surface area contributed by atoms with Crippen LogP contribution in [0.1, 0.15) is 15.9 Å². The van der Waals surface area contributed by atoms with Gasteiger partial charge in [-0.15, -0.1) is 0 Å². The van der Waals surface area contributed by atoms with Crippen molar-refractivity contribution < 1.29 is 14.6 Å². The highest BCUT2D eigenvalue weighted by atomic mass is 16.5. The second-order valence-corrected chi connectivity index (χ2v) is 4.09. The number of nitrogens with one attached hydrogen (secondary N) is 1. The van der Waals surface area contributed by atoms with Gasteiger partial charge in [-0.2, -0.15) is 0 Å². The zero-order valence-corrected chi connectivity index (χ0v) is 10.6. The molecule has 0 aliphatic rings. The molecule has 0 spiro atoms.